The van der Waals surface area contributed by atoms with Crippen molar-refractivity contribution in [2.45, 2.75) is 99.1 Å². The monoisotopic (exact) mass is 976 g/mol. The lowest BCUT2D eigenvalue weighted by atomic mass is 9.78. The van der Waals surface area contributed by atoms with Crippen molar-refractivity contribution in [3.05, 3.63) is 93.9 Å². The fourth-order valence-corrected chi connectivity index (χ4v) is 10.2. The van der Waals surface area contributed by atoms with Crippen molar-refractivity contribution in [3.8, 4) is 11.5 Å². The highest BCUT2D eigenvalue weighted by molar-refractivity contribution is 6.26. The van der Waals surface area contributed by atoms with Gasteiger partial charge in [0.2, 0.25) is 0 Å². The molecular formula is C53H64N6O12. The van der Waals surface area contributed by atoms with Crippen LogP contribution in [0, 0.1) is 37.5 Å². The number of benzene rings is 3. The average molecular weight is 977 g/mol. The Balaban J connectivity index is 1.30. The van der Waals surface area contributed by atoms with Crippen molar-refractivity contribution < 1.29 is 53.1 Å². The van der Waals surface area contributed by atoms with E-state index in [9.17, 15) is 29.7 Å². The van der Waals surface area contributed by atoms with E-state index in [0.717, 1.165) is 37.4 Å². The van der Waals surface area contributed by atoms with Crippen LogP contribution in [0.1, 0.15) is 70.0 Å². The fourth-order valence-electron chi connectivity index (χ4n) is 10.2. The summed E-state index contributed by atoms with van der Waals surface area (Å²) in [5.74, 6) is -7.22. The number of aromatic hydroxyl groups is 1. The van der Waals surface area contributed by atoms with E-state index < -0.39 is 82.7 Å². The zero-order valence-electron chi connectivity index (χ0n) is 41.9. The van der Waals surface area contributed by atoms with Crippen molar-refractivity contribution in [2.75, 3.05) is 50.1 Å². The van der Waals surface area contributed by atoms with Crippen LogP contribution >= 0.6 is 0 Å². The number of piperazine rings is 1. The van der Waals surface area contributed by atoms with Gasteiger partial charge in [-0.25, -0.2) is 9.97 Å². The Morgan fingerprint density at radius 3 is 2.35 bits per heavy atom. The molecule has 1 fully saturated rings. The first kappa shape index (κ1) is 50.8. The van der Waals surface area contributed by atoms with Crippen LogP contribution in [0.2, 0.25) is 0 Å². The molecule has 18 nitrogen and oxygen atoms in total. The molecule has 0 radical (unpaired) electrons. The van der Waals surface area contributed by atoms with Gasteiger partial charge in [0.1, 0.15) is 28.6 Å². The number of aliphatic hydroxyl groups excluding tert-OH is 2. The summed E-state index contributed by atoms with van der Waals surface area (Å²) >= 11 is 0. The smallest absolute Gasteiger partial charge is 0.312 e. The summed E-state index contributed by atoms with van der Waals surface area (Å²) in [5.41, 5.74) is 1.51. The highest BCUT2D eigenvalue weighted by Crippen LogP contribution is 2.49. The molecule has 0 spiro atoms. The van der Waals surface area contributed by atoms with Crippen molar-refractivity contribution >= 4 is 62.0 Å². The zero-order chi connectivity index (χ0) is 51.2. The molecule has 1 amide bonds. The van der Waals surface area contributed by atoms with Crippen molar-refractivity contribution in [2.24, 2.45) is 23.7 Å². The number of ketones is 1. The van der Waals surface area contributed by atoms with Crippen LogP contribution in [0.3, 0.4) is 0 Å². The second-order valence-electron chi connectivity index (χ2n) is 19.5. The van der Waals surface area contributed by atoms with E-state index in [1.54, 1.807) is 65.4 Å². The number of rotatable bonds is 6. The number of nitrogens with one attached hydrogen (secondary N) is 1. The van der Waals surface area contributed by atoms with Crippen LogP contribution in [0.5, 0.6) is 11.5 Å². The lowest BCUT2D eigenvalue weighted by Gasteiger charge is -2.38. The molecule has 3 aliphatic rings. The number of aliphatic hydroxyl groups is 2. The van der Waals surface area contributed by atoms with Crippen LogP contribution in [0.4, 0.5) is 11.4 Å². The first-order valence-corrected chi connectivity index (χ1v) is 24.1. The topological polar surface area (TPSA) is 228 Å². The van der Waals surface area contributed by atoms with Gasteiger partial charge >= 0.3 is 11.8 Å². The Labute approximate surface area is 411 Å². The number of aryl methyl sites for hydroxylation is 1. The summed E-state index contributed by atoms with van der Waals surface area (Å²) in [4.78, 5) is 70.3. The van der Waals surface area contributed by atoms with E-state index in [0.29, 0.717) is 24.2 Å². The number of carbonyl (C=O) groups is 3. The summed E-state index contributed by atoms with van der Waals surface area (Å²) in [5, 5.41) is 37.9. The van der Waals surface area contributed by atoms with Crippen LogP contribution in [0.15, 0.2) is 76.2 Å². The number of imidazole rings is 1. The van der Waals surface area contributed by atoms with Gasteiger partial charge < -0.3 is 53.5 Å². The highest BCUT2D eigenvalue weighted by atomic mass is 16.7. The Bertz CT molecular complexity index is 3030. The van der Waals surface area contributed by atoms with Crippen LogP contribution < -0.4 is 20.4 Å². The molecule has 4 N–H and O–H groups in total. The van der Waals surface area contributed by atoms with E-state index in [2.05, 4.69) is 20.1 Å². The van der Waals surface area contributed by atoms with Gasteiger partial charge in [-0.1, -0.05) is 45.9 Å². The second-order valence-corrected chi connectivity index (χ2v) is 19.5. The third-order valence-corrected chi connectivity index (χ3v) is 14.5. The molecule has 8 rings (SSSR count). The van der Waals surface area contributed by atoms with Gasteiger partial charge in [-0.15, -0.1) is 0 Å². The molecule has 18 heteroatoms. The highest BCUT2D eigenvalue weighted by Gasteiger charge is 2.50. The normalized spacial score (nSPS) is 28.7. The number of nitrogens with zero attached hydrogens (tertiary/aromatic N) is 5. The molecule has 3 aliphatic heterocycles. The molecule has 71 heavy (non-hydrogen) atoms. The van der Waals surface area contributed by atoms with E-state index in [1.807, 2.05) is 23.8 Å². The number of aromatic nitrogens is 3. The molecule has 378 valence electrons. The fraction of sp³-hybridized carbons (Fsp3) is 0.472. The van der Waals surface area contributed by atoms with Crippen LogP contribution in [-0.4, -0.2) is 122 Å². The number of phenolic OH excluding ortho intramolecular Hbond substituents is 1. The Morgan fingerprint density at radius 1 is 0.944 bits per heavy atom. The zero-order valence-corrected chi connectivity index (χ0v) is 41.9. The van der Waals surface area contributed by atoms with E-state index in [-0.39, 0.29) is 50.0 Å². The standard InChI is InChI=1S/C53H64N6O12/c1-27-24-35(59-21-19-57(20-22-59)17-18-58-16-15-54-26-58)41-37(25-27)70-50-42(55-41)38-39-46(63)33(7)49-40(38)51(65)53(9,71-49)68-23-14-36(67-10)30(4)48(69-34(8)60)32(6)45(62)31(5)44(61)28(2)12-11-13-29(3)52(66)56-43(50)47(39)64/h11-16,23-26,28,30-32,36,44-45,48,61-62,64H,17-22H2,1-10H3,(H,56,66)/b12-11+,23-14+,29-13-/t28-,30+,31+,32+,36-,44-,45+,48+,53-/m0/s1. The number of phenols is 1. The first-order chi connectivity index (χ1) is 33.7. The summed E-state index contributed by atoms with van der Waals surface area (Å²) in [7, 11) is 1.45. The molecule has 0 aliphatic carbocycles. The Hall–Kier alpha value is -6.60. The predicted molar refractivity (Wildman–Crippen MR) is 267 cm³/mol. The quantitative estimate of drug-likeness (QED) is 0.0631. The maximum atomic E-state index is 15.0. The summed E-state index contributed by atoms with van der Waals surface area (Å²) < 4.78 is 32.9. The van der Waals surface area contributed by atoms with Crippen LogP contribution in [-0.2, 0) is 30.3 Å². The summed E-state index contributed by atoms with van der Waals surface area (Å²) in [6.45, 7) is 19.1. The minimum Gasteiger partial charge on any atom is -0.505 e. The number of amides is 1. The number of methoxy groups -OCH3 is 1. The minimum absolute atomic E-state index is 0.00135. The number of hydrogen-bond acceptors (Lipinski definition) is 16. The predicted octanol–water partition coefficient (Wildman–Crippen LogP) is 6.32. The molecule has 1 saturated heterocycles. The third kappa shape index (κ3) is 9.65. The third-order valence-electron chi connectivity index (χ3n) is 14.5. The molecule has 0 saturated carbocycles. The lowest BCUT2D eigenvalue weighted by molar-refractivity contribution is -0.160. The molecule has 3 aromatic carbocycles. The largest absolute Gasteiger partial charge is 0.505 e. The minimum atomic E-state index is -2.06. The number of allylic oxidation sites excluding steroid dienone is 2. The molecule has 5 heterocycles. The van der Waals surface area contributed by atoms with E-state index in [1.165, 1.54) is 46.3 Å². The summed E-state index contributed by atoms with van der Waals surface area (Å²) in [6, 6.07) is 3.82. The number of Topliss-reactive ketones (excluding diaryl/α,β-unsaturated/α-hetero) is 1. The molecule has 9 atom stereocenters. The van der Waals surface area contributed by atoms with Gasteiger partial charge in [0.15, 0.2) is 22.3 Å². The van der Waals surface area contributed by atoms with Crippen molar-refractivity contribution in [1.29, 1.82) is 0 Å². The number of fused-ring (bicyclic) bond motifs is 2. The SMILES string of the molecule is CO[C@H]1/C=C/O[C@@]2(C)Oc3c(C)c(=O)c4c(O)c(c5oc6cc(C)cc(N7CCN(CCn8ccnc8)CC7)c6nc5c4c3C2=O)NC(=O)/C(C)=C\C=C\[C@H](C)[C@H](O)[C@@H](C)[C@@H](O)[C@@H](C)[C@H](OC(C)=O)[C@@H]1C. The number of anilines is 2. The molecule has 2 aromatic heterocycles. The number of hydrogen-bond donors (Lipinski definition) is 4. The first-order valence-electron chi connectivity index (χ1n) is 24.1. The number of carbonyl (C=O) groups excluding carboxylic acids is 3. The molecule has 0 unspecified atom stereocenters. The van der Waals surface area contributed by atoms with E-state index in [4.69, 9.17) is 28.3 Å². The molecule has 5 aromatic rings. The second kappa shape index (κ2) is 20.3. The van der Waals surface area contributed by atoms with E-state index >= 15 is 4.79 Å². The Kier molecular flexibility index (Phi) is 14.5. The number of ether oxygens (including phenoxy) is 4. The Morgan fingerprint density at radius 2 is 1.68 bits per heavy atom. The maximum absolute atomic E-state index is 15.0. The van der Waals surface area contributed by atoms with Crippen molar-refractivity contribution in [1.82, 2.24) is 19.4 Å². The molecular weight excluding hydrogens is 913 g/mol. The average Bonchev–Trinajstić information content (AvgIpc) is 3.97. The van der Waals surface area contributed by atoms with Gasteiger partial charge in [-0.2, -0.15) is 0 Å². The van der Waals surface area contributed by atoms with Crippen LogP contribution in [0.25, 0.3) is 33.0 Å². The number of esters is 1. The van der Waals surface area contributed by atoms with Crippen molar-refractivity contribution in [3.63, 3.8) is 0 Å². The van der Waals surface area contributed by atoms with Gasteiger partial charge in [0, 0.05) is 113 Å². The van der Waals surface area contributed by atoms with Gasteiger partial charge in [0.05, 0.1) is 47.5 Å². The van der Waals surface area contributed by atoms with Gasteiger partial charge in [-0.05, 0) is 44.5 Å². The van der Waals surface area contributed by atoms with Gasteiger partial charge in [0.25, 0.3) is 11.7 Å². The van der Waals surface area contributed by atoms with Gasteiger partial charge in [-0.3, -0.25) is 24.1 Å². The summed E-state index contributed by atoms with van der Waals surface area (Å²) in [6.07, 6.45) is 9.19. The maximum Gasteiger partial charge on any atom is 0.312 e. The lowest BCUT2D eigenvalue weighted by Crippen LogP contribution is -2.47. The molecule has 4 bridgehead atoms.